The number of benzene rings is 1. The smallest absolute Gasteiger partial charge is 0.299 e. The molecule has 8 heteroatoms. The number of carbonyl (C=O) groups excluding carboxylic acids is 1. The summed E-state index contributed by atoms with van der Waals surface area (Å²) >= 11 is 2.49. The number of carbonyl (C=O) groups is 1. The quantitative estimate of drug-likeness (QED) is 0.796. The summed E-state index contributed by atoms with van der Waals surface area (Å²) in [4.78, 5) is 24.0. The largest absolute Gasteiger partial charge is 0.308 e. The normalized spacial score (nSPS) is 11.2. The number of amides is 1. The molecule has 0 radical (unpaired) electrons. The van der Waals surface area contributed by atoms with Crippen LogP contribution in [0.2, 0.25) is 0 Å². The molecule has 22 heavy (non-hydrogen) atoms. The Kier molecular flexibility index (Phi) is 4.04. The molecule has 0 saturated heterocycles. The van der Waals surface area contributed by atoms with Gasteiger partial charge in [-0.2, -0.15) is 0 Å². The van der Waals surface area contributed by atoms with Crippen molar-refractivity contribution in [2.45, 2.75) is 26.3 Å². The van der Waals surface area contributed by atoms with Crippen molar-refractivity contribution in [3.63, 3.8) is 0 Å². The molecule has 3 aromatic rings. The highest BCUT2D eigenvalue weighted by Crippen LogP contribution is 2.22. The standard InChI is InChI=1S/C14H14N4O2S2/c1-8(2)12-16-17-13(22-12)15-11(19)7-18-9-5-3-4-6-10(9)21-14(18)20/h3-6,8H,7H2,1-2H3,(H,15,17,19). The van der Waals surface area contributed by atoms with Crippen LogP contribution in [-0.2, 0) is 11.3 Å². The number of hydrogen-bond donors (Lipinski definition) is 1. The average molecular weight is 334 g/mol. The lowest BCUT2D eigenvalue weighted by Gasteiger charge is -2.03. The molecule has 114 valence electrons. The highest BCUT2D eigenvalue weighted by Gasteiger charge is 2.13. The second-order valence-corrected chi connectivity index (χ2v) is 7.07. The van der Waals surface area contributed by atoms with Crippen LogP contribution in [0.15, 0.2) is 29.1 Å². The van der Waals surface area contributed by atoms with Crippen molar-refractivity contribution in [3.05, 3.63) is 38.9 Å². The van der Waals surface area contributed by atoms with Crippen molar-refractivity contribution in [2.24, 2.45) is 0 Å². The molecule has 3 rings (SSSR count). The van der Waals surface area contributed by atoms with Crippen LogP contribution in [0, 0.1) is 0 Å². The molecule has 6 nitrogen and oxygen atoms in total. The molecule has 0 atom stereocenters. The fourth-order valence-corrected chi connectivity index (χ4v) is 3.64. The average Bonchev–Trinajstić information content (AvgIpc) is 3.05. The maximum absolute atomic E-state index is 12.1. The second-order valence-electron chi connectivity index (χ2n) is 5.07. The number of thiazole rings is 1. The van der Waals surface area contributed by atoms with Crippen LogP contribution < -0.4 is 10.2 Å². The molecule has 0 bridgehead atoms. The van der Waals surface area contributed by atoms with Gasteiger partial charge in [-0.05, 0) is 12.1 Å². The van der Waals surface area contributed by atoms with Crippen LogP contribution in [0.5, 0.6) is 0 Å². The zero-order valence-corrected chi connectivity index (χ0v) is 13.7. The Hall–Kier alpha value is -2.06. The predicted molar refractivity (Wildman–Crippen MR) is 88.7 cm³/mol. The van der Waals surface area contributed by atoms with E-state index in [2.05, 4.69) is 15.5 Å². The lowest BCUT2D eigenvalue weighted by atomic mass is 10.2. The lowest BCUT2D eigenvalue weighted by Crippen LogP contribution is -2.24. The lowest BCUT2D eigenvalue weighted by molar-refractivity contribution is -0.116. The first-order valence-electron chi connectivity index (χ1n) is 6.76. The molecule has 0 saturated carbocycles. The molecule has 0 aliphatic heterocycles. The Bertz CT molecular complexity index is 878. The molecule has 2 heterocycles. The highest BCUT2D eigenvalue weighted by atomic mass is 32.1. The SMILES string of the molecule is CC(C)c1nnc(NC(=O)Cn2c(=O)sc3ccccc32)s1. The summed E-state index contributed by atoms with van der Waals surface area (Å²) in [7, 11) is 0. The summed E-state index contributed by atoms with van der Waals surface area (Å²) in [5.41, 5.74) is 0.771. The van der Waals surface area contributed by atoms with Gasteiger partial charge in [-0.1, -0.05) is 48.7 Å². The molecule has 0 fully saturated rings. The van der Waals surface area contributed by atoms with E-state index in [-0.39, 0.29) is 23.2 Å². The van der Waals surface area contributed by atoms with E-state index in [1.54, 1.807) is 0 Å². The molecule has 0 aliphatic carbocycles. The van der Waals surface area contributed by atoms with Gasteiger partial charge in [-0.3, -0.25) is 19.5 Å². The zero-order chi connectivity index (χ0) is 15.7. The monoisotopic (exact) mass is 334 g/mol. The Morgan fingerprint density at radius 1 is 1.27 bits per heavy atom. The van der Waals surface area contributed by atoms with Crippen molar-refractivity contribution in [1.29, 1.82) is 0 Å². The first-order chi connectivity index (χ1) is 10.5. The minimum absolute atomic E-state index is 0.0283. The van der Waals surface area contributed by atoms with Gasteiger partial charge in [0.25, 0.3) is 0 Å². The topological polar surface area (TPSA) is 76.9 Å². The van der Waals surface area contributed by atoms with E-state index < -0.39 is 0 Å². The fourth-order valence-electron chi connectivity index (χ4n) is 1.98. The van der Waals surface area contributed by atoms with Crippen LogP contribution in [0.25, 0.3) is 10.2 Å². The van der Waals surface area contributed by atoms with Gasteiger partial charge in [0.1, 0.15) is 11.6 Å². The second kappa shape index (κ2) is 5.98. The number of nitrogens with one attached hydrogen (secondary N) is 1. The number of aromatic nitrogens is 3. The Morgan fingerprint density at radius 2 is 2.05 bits per heavy atom. The van der Waals surface area contributed by atoms with E-state index in [1.165, 1.54) is 15.9 Å². The van der Waals surface area contributed by atoms with Crippen molar-refractivity contribution in [1.82, 2.24) is 14.8 Å². The Labute approximate surface area is 134 Å². The van der Waals surface area contributed by atoms with Crippen molar-refractivity contribution in [2.75, 3.05) is 5.32 Å². The van der Waals surface area contributed by atoms with Gasteiger partial charge in [-0.25, -0.2) is 0 Å². The van der Waals surface area contributed by atoms with E-state index in [4.69, 9.17) is 0 Å². The number of anilines is 1. The summed E-state index contributed by atoms with van der Waals surface area (Å²) in [6, 6.07) is 7.43. The maximum atomic E-state index is 12.1. The number of rotatable bonds is 4. The van der Waals surface area contributed by atoms with Gasteiger partial charge >= 0.3 is 4.87 Å². The summed E-state index contributed by atoms with van der Waals surface area (Å²) < 4.78 is 2.35. The van der Waals surface area contributed by atoms with Crippen molar-refractivity contribution in [3.8, 4) is 0 Å². The number of nitrogens with zero attached hydrogens (tertiary/aromatic N) is 3. The number of hydrogen-bond acceptors (Lipinski definition) is 6. The molecule has 1 N–H and O–H groups in total. The maximum Gasteiger partial charge on any atom is 0.308 e. The first-order valence-corrected chi connectivity index (χ1v) is 8.39. The minimum atomic E-state index is -0.280. The van der Waals surface area contributed by atoms with Crippen LogP contribution in [0.3, 0.4) is 0 Å². The van der Waals surface area contributed by atoms with Gasteiger partial charge in [-0.15, -0.1) is 10.2 Å². The molecular formula is C14H14N4O2S2. The molecule has 0 spiro atoms. The van der Waals surface area contributed by atoms with Gasteiger partial charge in [0.15, 0.2) is 0 Å². The third-order valence-corrected chi connectivity index (χ3v) is 5.16. The van der Waals surface area contributed by atoms with Crippen molar-refractivity contribution >= 4 is 43.9 Å². The molecular weight excluding hydrogens is 320 g/mol. The summed E-state index contributed by atoms with van der Waals surface area (Å²) in [5.74, 6) is -0.0105. The predicted octanol–water partition coefficient (Wildman–Crippen LogP) is 2.68. The molecule has 0 unspecified atom stereocenters. The van der Waals surface area contributed by atoms with E-state index >= 15 is 0 Å². The van der Waals surface area contributed by atoms with Crippen LogP contribution in [-0.4, -0.2) is 20.7 Å². The van der Waals surface area contributed by atoms with Gasteiger partial charge in [0.2, 0.25) is 11.0 Å². The van der Waals surface area contributed by atoms with E-state index in [1.807, 2.05) is 38.1 Å². The Morgan fingerprint density at radius 3 is 2.77 bits per heavy atom. The summed E-state index contributed by atoms with van der Waals surface area (Å²) in [6.45, 7) is 4.01. The van der Waals surface area contributed by atoms with Gasteiger partial charge in [0.05, 0.1) is 10.2 Å². The third-order valence-electron chi connectivity index (χ3n) is 3.06. The number of fused-ring (bicyclic) bond motifs is 1. The molecule has 1 aromatic carbocycles. The van der Waals surface area contributed by atoms with Gasteiger partial charge in [0, 0.05) is 5.92 Å². The van der Waals surface area contributed by atoms with E-state index in [0.29, 0.717) is 5.13 Å². The summed E-state index contributed by atoms with van der Waals surface area (Å²) in [6.07, 6.45) is 0. The first kappa shape index (κ1) is 14.9. The van der Waals surface area contributed by atoms with Crippen LogP contribution in [0.1, 0.15) is 24.8 Å². The molecule has 1 amide bonds. The molecule has 2 aromatic heterocycles. The molecule has 0 aliphatic rings. The highest BCUT2D eigenvalue weighted by molar-refractivity contribution is 7.16. The fraction of sp³-hybridized carbons (Fsp3) is 0.286. The van der Waals surface area contributed by atoms with Crippen LogP contribution >= 0.6 is 22.7 Å². The van der Waals surface area contributed by atoms with E-state index in [9.17, 15) is 9.59 Å². The van der Waals surface area contributed by atoms with Crippen molar-refractivity contribution < 1.29 is 4.79 Å². The van der Waals surface area contributed by atoms with Gasteiger partial charge < -0.3 is 0 Å². The van der Waals surface area contributed by atoms with Crippen LogP contribution in [0.4, 0.5) is 5.13 Å². The number of para-hydroxylation sites is 1. The zero-order valence-electron chi connectivity index (χ0n) is 12.1. The van der Waals surface area contributed by atoms with E-state index in [0.717, 1.165) is 26.6 Å². The minimum Gasteiger partial charge on any atom is -0.299 e. The third kappa shape index (κ3) is 2.93. The Balaban J connectivity index is 1.78. The summed E-state index contributed by atoms with van der Waals surface area (Å²) in [5, 5.41) is 12.0.